The van der Waals surface area contributed by atoms with E-state index in [1.165, 1.54) is 18.3 Å². The maximum absolute atomic E-state index is 12.9. The third-order valence-corrected chi connectivity index (χ3v) is 4.81. The highest BCUT2D eigenvalue weighted by Crippen LogP contribution is 2.17. The highest BCUT2D eigenvalue weighted by Gasteiger charge is 2.13. The molecule has 0 aliphatic heterocycles. The normalized spacial score (nSPS) is 10.5. The van der Waals surface area contributed by atoms with Gasteiger partial charge in [0.15, 0.2) is 0 Å². The molecule has 0 radical (unpaired) electrons. The van der Waals surface area contributed by atoms with E-state index in [1.54, 1.807) is 36.4 Å². The number of hydrazone groups is 1. The fourth-order valence-corrected chi connectivity index (χ4v) is 2.96. The summed E-state index contributed by atoms with van der Waals surface area (Å²) in [6, 6.07) is 18.5. The Bertz CT molecular complexity index is 1130. The smallest absolute Gasteiger partial charge is 0.344 e. The summed E-state index contributed by atoms with van der Waals surface area (Å²) in [4.78, 5) is 35.8. The predicted molar refractivity (Wildman–Crippen MR) is 121 cm³/mol. The minimum Gasteiger partial charge on any atom is -0.423 e. The summed E-state index contributed by atoms with van der Waals surface area (Å²) in [5.41, 5.74) is 3.45. The van der Waals surface area contributed by atoms with Crippen LogP contribution in [0.4, 0.5) is 10.1 Å². The van der Waals surface area contributed by atoms with Gasteiger partial charge in [0.25, 0.3) is 0 Å². The first kappa shape index (κ1) is 22.1. The van der Waals surface area contributed by atoms with Gasteiger partial charge in [-0.25, -0.2) is 14.6 Å². The van der Waals surface area contributed by atoms with Crippen molar-refractivity contribution in [2.75, 3.05) is 5.32 Å². The molecule has 156 valence electrons. The third-order valence-electron chi connectivity index (χ3n) is 3.87. The van der Waals surface area contributed by atoms with Crippen LogP contribution < -0.4 is 15.5 Å². The lowest BCUT2D eigenvalue weighted by molar-refractivity contribution is -0.136. The molecule has 0 saturated heterocycles. The van der Waals surface area contributed by atoms with Crippen LogP contribution in [0.25, 0.3) is 0 Å². The van der Waals surface area contributed by atoms with Crippen molar-refractivity contribution in [3.8, 4) is 5.75 Å². The van der Waals surface area contributed by atoms with Gasteiger partial charge in [-0.15, -0.1) is 0 Å². The number of nitrogens with one attached hydrogen (secondary N) is 2. The van der Waals surface area contributed by atoms with Gasteiger partial charge in [-0.2, -0.15) is 5.10 Å². The Hall–Kier alpha value is -3.60. The lowest BCUT2D eigenvalue weighted by Crippen LogP contribution is -2.32. The standard InChI is InChI=1S/C22H15FIN3O4/c23-15-7-9-16(10-8-15)26-20(28)21(29)27-25-13-14-5-11-17(12-6-14)31-22(30)18-3-1-2-4-19(18)24/h1-13H,(H,26,28)(H,27,29). The van der Waals surface area contributed by atoms with Crippen molar-refractivity contribution in [2.24, 2.45) is 5.10 Å². The number of halogens is 2. The van der Waals surface area contributed by atoms with Crippen LogP contribution in [0.15, 0.2) is 77.9 Å². The number of amides is 2. The zero-order chi connectivity index (χ0) is 22.2. The van der Waals surface area contributed by atoms with Crippen molar-refractivity contribution in [2.45, 2.75) is 0 Å². The van der Waals surface area contributed by atoms with E-state index in [2.05, 4.69) is 38.4 Å². The molecule has 0 atom stereocenters. The average molecular weight is 531 g/mol. The molecule has 2 amide bonds. The lowest BCUT2D eigenvalue weighted by atomic mass is 10.2. The van der Waals surface area contributed by atoms with Crippen LogP contribution in [0.3, 0.4) is 0 Å². The second-order valence-electron chi connectivity index (χ2n) is 6.10. The molecular weight excluding hydrogens is 516 g/mol. The molecule has 0 unspecified atom stereocenters. The van der Waals surface area contributed by atoms with Crippen LogP contribution >= 0.6 is 22.6 Å². The van der Waals surface area contributed by atoms with Gasteiger partial charge in [-0.05, 0) is 88.8 Å². The van der Waals surface area contributed by atoms with E-state index in [1.807, 2.05) is 12.1 Å². The summed E-state index contributed by atoms with van der Waals surface area (Å²) in [7, 11) is 0. The van der Waals surface area contributed by atoms with E-state index in [4.69, 9.17) is 4.74 Å². The van der Waals surface area contributed by atoms with Gasteiger partial charge in [-0.1, -0.05) is 12.1 Å². The number of anilines is 1. The molecule has 0 fully saturated rings. The highest BCUT2D eigenvalue weighted by molar-refractivity contribution is 14.1. The maximum Gasteiger partial charge on any atom is 0.344 e. The minimum atomic E-state index is -0.983. The number of hydrogen-bond acceptors (Lipinski definition) is 5. The molecule has 3 aromatic rings. The Morgan fingerprint density at radius 1 is 0.903 bits per heavy atom. The van der Waals surface area contributed by atoms with Gasteiger partial charge >= 0.3 is 17.8 Å². The first-order valence-corrected chi connectivity index (χ1v) is 9.97. The molecule has 0 aliphatic rings. The van der Waals surface area contributed by atoms with Crippen LogP contribution in [0, 0.1) is 9.39 Å². The summed E-state index contributed by atoms with van der Waals surface area (Å²) in [6.45, 7) is 0. The van der Waals surface area contributed by atoms with Gasteiger partial charge in [0.05, 0.1) is 11.8 Å². The van der Waals surface area contributed by atoms with Gasteiger partial charge in [0.1, 0.15) is 11.6 Å². The number of esters is 1. The van der Waals surface area contributed by atoms with Crippen molar-refractivity contribution >= 4 is 52.3 Å². The summed E-state index contributed by atoms with van der Waals surface area (Å²) < 4.78 is 19.0. The summed E-state index contributed by atoms with van der Waals surface area (Å²) in [6.07, 6.45) is 1.33. The molecule has 3 rings (SSSR count). The monoisotopic (exact) mass is 531 g/mol. The van der Waals surface area contributed by atoms with E-state index >= 15 is 0 Å². The van der Waals surface area contributed by atoms with E-state index in [0.717, 1.165) is 15.7 Å². The molecule has 0 aromatic heterocycles. The van der Waals surface area contributed by atoms with E-state index in [0.29, 0.717) is 16.9 Å². The largest absolute Gasteiger partial charge is 0.423 e. The highest BCUT2D eigenvalue weighted by atomic mass is 127. The second kappa shape index (κ2) is 10.4. The molecule has 31 heavy (non-hydrogen) atoms. The van der Waals surface area contributed by atoms with Crippen LogP contribution in [0.2, 0.25) is 0 Å². The Morgan fingerprint density at radius 3 is 2.26 bits per heavy atom. The van der Waals surface area contributed by atoms with Crippen molar-refractivity contribution < 1.29 is 23.5 Å². The van der Waals surface area contributed by atoms with Gasteiger partial charge in [0.2, 0.25) is 0 Å². The topological polar surface area (TPSA) is 96.9 Å². The van der Waals surface area contributed by atoms with Crippen molar-refractivity contribution in [1.29, 1.82) is 0 Å². The Morgan fingerprint density at radius 2 is 1.58 bits per heavy atom. The molecule has 0 heterocycles. The molecule has 2 N–H and O–H groups in total. The Labute approximate surface area is 190 Å². The van der Waals surface area contributed by atoms with Crippen LogP contribution in [0.1, 0.15) is 15.9 Å². The van der Waals surface area contributed by atoms with Crippen LogP contribution in [-0.4, -0.2) is 24.0 Å². The number of ether oxygens (including phenoxy) is 1. The summed E-state index contributed by atoms with van der Waals surface area (Å²) in [5, 5.41) is 6.03. The van der Waals surface area contributed by atoms with Crippen LogP contribution in [0.5, 0.6) is 5.75 Å². The molecule has 0 bridgehead atoms. The fourth-order valence-electron chi connectivity index (χ4n) is 2.35. The van der Waals surface area contributed by atoms with E-state index in [-0.39, 0.29) is 5.69 Å². The molecule has 0 spiro atoms. The van der Waals surface area contributed by atoms with Crippen molar-refractivity contribution in [1.82, 2.24) is 5.43 Å². The second-order valence-corrected chi connectivity index (χ2v) is 7.26. The number of carbonyl (C=O) groups excluding carboxylic acids is 3. The van der Waals surface area contributed by atoms with Gasteiger partial charge in [0, 0.05) is 9.26 Å². The molecule has 9 heteroatoms. The minimum absolute atomic E-state index is 0.279. The maximum atomic E-state index is 12.9. The zero-order valence-electron chi connectivity index (χ0n) is 15.8. The summed E-state index contributed by atoms with van der Waals surface area (Å²) >= 11 is 2.06. The molecule has 7 nitrogen and oxygen atoms in total. The zero-order valence-corrected chi connectivity index (χ0v) is 18.0. The van der Waals surface area contributed by atoms with Crippen molar-refractivity contribution in [3.63, 3.8) is 0 Å². The van der Waals surface area contributed by atoms with Gasteiger partial charge in [-0.3, -0.25) is 9.59 Å². The van der Waals surface area contributed by atoms with E-state index < -0.39 is 23.6 Å². The number of benzene rings is 3. The first-order valence-electron chi connectivity index (χ1n) is 8.89. The van der Waals surface area contributed by atoms with Crippen LogP contribution in [-0.2, 0) is 9.59 Å². The molecule has 3 aromatic carbocycles. The van der Waals surface area contributed by atoms with Crippen molar-refractivity contribution in [3.05, 3.63) is 93.3 Å². The van der Waals surface area contributed by atoms with E-state index in [9.17, 15) is 18.8 Å². The Balaban J connectivity index is 1.51. The molecule has 0 aliphatic carbocycles. The number of hydrogen-bond donors (Lipinski definition) is 2. The number of rotatable bonds is 5. The third kappa shape index (κ3) is 6.44. The lowest BCUT2D eigenvalue weighted by Gasteiger charge is -2.06. The molecular formula is C22H15FIN3O4. The first-order chi connectivity index (χ1) is 14.9. The fraction of sp³-hybridized carbons (Fsp3) is 0. The Kier molecular flexibility index (Phi) is 7.44. The quantitative estimate of drug-likeness (QED) is 0.131. The molecule has 0 saturated carbocycles. The number of nitrogens with zero attached hydrogens (tertiary/aromatic N) is 1. The predicted octanol–water partition coefficient (Wildman–Crippen LogP) is 3.74. The van der Waals surface area contributed by atoms with Gasteiger partial charge < -0.3 is 10.1 Å². The number of carbonyl (C=O) groups is 3. The summed E-state index contributed by atoms with van der Waals surface area (Å²) in [5.74, 6) is -2.50. The average Bonchev–Trinajstić information content (AvgIpc) is 2.76. The SMILES string of the molecule is O=C(NN=Cc1ccc(OC(=O)c2ccccc2I)cc1)C(=O)Nc1ccc(F)cc1.